The topological polar surface area (TPSA) is 94.5 Å². The largest absolute Gasteiger partial charge is 0.383 e. The van der Waals surface area contributed by atoms with Crippen LogP contribution in [0.15, 0.2) is 12.1 Å². The maximum Gasteiger partial charge on any atom is 0.276 e. The van der Waals surface area contributed by atoms with Gasteiger partial charge in [0.2, 0.25) is 0 Å². The van der Waals surface area contributed by atoms with E-state index in [9.17, 15) is 10.1 Å². The van der Waals surface area contributed by atoms with Gasteiger partial charge in [-0.15, -0.1) is 0 Å². The Morgan fingerprint density at radius 3 is 2.82 bits per heavy atom. The lowest BCUT2D eigenvalue weighted by molar-refractivity contribution is -0.384. The van der Waals surface area contributed by atoms with Crippen LogP contribution in [0, 0.1) is 10.1 Å². The van der Waals surface area contributed by atoms with Crippen LogP contribution in [0.3, 0.4) is 0 Å². The average Bonchev–Trinajstić information content (AvgIpc) is 2.29. The number of rotatable bonds is 6. The molecule has 0 radical (unpaired) electrons. The van der Waals surface area contributed by atoms with Gasteiger partial charge < -0.3 is 15.4 Å². The molecule has 0 saturated carbocycles. The number of nitro groups is 1. The van der Waals surface area contributed by atoms with Crippen molar-refractivity contribution < 1.29 is 9.66 Å². The Kier molecular flexibility index (Phi) is 4.65. The molecule has 0 aliphatic rings. The monoisotopic (exact) mass is 240 g/mol. The molecule has 7 heteroatoms. The van der Waals surface area contributed by atoms with Gasteiger partial charge in [0.25, 0.3) is 5.69 Å². The quantitative estimate of drug-likeness (QED) is 0.589. The molecule has 0 amide bonds. The molecular formula is C10H16N4O3. The van der Waals surface area contributed by atoms with E-state index in [1.807, 2.05) is 11.8 Å². The number of methoxy groups -OCH3 is 1. The van der Waals surface area contributed by atoms with Crippen LogP contribution in [-0.2, 0) is 4.74 Å². The summed E-state index contributed by atoms with van der Waals surface area (Å²) in [4.78, 5) is 16.2. The molecule has 0 unspecified atom stereocenters. The number of ether oxygens (including phenoxy) is 1. The predicted molar refractivity (Wildman–Crippen MR) is 65.1 cm³/mol. The Morgan fingerprint density at radius 1 is 1.59 bits per heavy atom. The summed E-state index contributed by atoms with van der Waals surface area (Å²) in [5.74, 6) is 0.640. The summed E-state index contributed by atoms with van der Waals surface area (Å²) in [6.07, 6.45) is 0. The molecule has 2 N–H and O–H groups in total. The Bertz CT molecular complexity index is 397. The van der Waals surface area contributed by atoms with Crippen molar-refractivity contribution in [3.63, 3.8) is 0 Å². The van der Waals surface area contributed by atoms with E-state index in [2.05, 4.69) is 4.98 Å². The second-order valence-corrected chi connectivity index (χ2v) is 3.44. The van der Waals surface area contributed by atoms with E-state index < -0.39 is 4.92 Å². The predicted octanol–water partition coefficient (Wildman–Crippen LogP) is 1.04. The highest BCUT2D eigenvalue weighted by atomic mass is 16.6. The lowest BCUT2D eigenvalue weighted by atomic mass is 10.3. The second-order valence-electron chi connectivity index (χ2n) is 3.44. The summed E-state index contributed by atoms with van der Waals surface area (Å²) in [6.45, 7) is 3.75. The Hall–Kier alpha value is -1.89. The maximum atomic E-state index is 10.7. The summed E-state index contributed by atoms with van der Waals surface area (Å²) in [7, 11) is 1.60. The van der Waals surface area contributed by atoms with Crippen LogP contribution < -0.4 is 10.6 Å². The van der Waals surface area contributed by atoms with Crippen molar-refractivity contribution >= 4 is 17.3 Å². The van der Waals surface area contributed by atoms with E-state index in [1.54, 1.807) is 7.11 Å². The van der Waals surface area contributed by atoms with Gasteiger partial charge in [0.15, 0.2) is 0 Å². The number of hydrogen-bond acceptors (Lipinski definition) is 6. The number of pyridine rings is 1. The van der Waals surface area contributed by atoms with E-state index in [4.69, 9.17) is 10.5 Å². The molecule has 0 spiro atoms. The van der Waals surface area contributed by atoms with Gasteiger partial charge in [0.1, 0.15) is 11.6 Å². The van der Waals surface area contributed by atoms with Crippen LogP contribution in [0.2, 0.25) is 0 Å². The van der Waals surface area contributed by atoms with E-state index in [0.29, 0.717) is 25.5 Å². The molecule has 94 valence electrons. The van der Waals surface area contributed by atoms with Gasteiger partial charge in [-0.1, -0.05) is 0 Å². The van der Waals surface area contributed by atoms with E-state index in [0.717, 1.165) is 0 Å². The third-order valence-electron chi connectivity index (χ3n) is 2.30. The highest BCUT2D eigenvalue weighted by Gasteiger charge is 2.13. The molecule has 1 aromatic heterocycles. The van der Waals surface area contributed by atoms with Crippen LogP contribution in [-0.4, -0.2) is 36.7 Å². The number of likely N-dealkylation sites (N-methyl/N-ethyl adjacent to an activating group) is 1. The van der Waals surface area contributed by atoms with Crippen LogP contribution >= 0.6 is 0 Å². The number of hydrogen-bond donors (Lipinski definition) is 1. The lowest BCUT2D eigenvalue weighted by Gasteiger charge is -2.21. The molecule has 0 aliphatic heterocycles. The molecule has 1 heterocycles. The first-order valence-electron chi connectivity index (χ1n) is 5.24. The van der Waals surface area contributed by atoms with Crippen molar-refractivity contribution in [1.82, 2.24) is 4.98 Å². The van der Waals surface area contributed by atoms with Crippen molar-refractivity contribution in [2.24, 2.45) is 0 Å². The third-order valence-corrected chi connectivity index (χ3v) is 2.30. The molecule has 0 saturated heterocycles. The van der Waals surface area contributed by atoms with Crippen molar-refractivity contribution in [1.29, 1.82) is 0 Å². The van der Waals surface area contributed by atoms with Crippen molar-refractivity contribution in [2.75, 3.05) is 37.4 Å². The molecular weight excluding hydrogens is 224 g/mol. The maximum absolute atomic E-state index is 10.7. The minimum Gasteiger partial charge on any atom is -0.383 e. The zero-order valence-electron chi connectivity index (χ0n) is 9.92. The fourth-order valence-corrected chi connectivity index (χ4v) is 1.43. The fourth-order valence-electron chi connectivity index (χ4n) is 1.43. The summed E-state index contributed by atoms with van der Waals surface area (Å²) < 4.78 is 4.97. The minimum absolute atomic E-state index is 0.0524. The summed E-state index contributed by atoms with van der Waals surface area (Å²) >= 11 is 0. The molecule has 0 bridgehead atoms. The third kappa shape index (κ3) is 3.56. The average molecular weight is 240 g/mol. The SMILES string of the molecule is CCN(CCOC)c1cc([N+](=O)[O-])cc(N)n1. The molecule has 1 aromatic rings. The van der Waals surface area contributed by atoms with E-state index in [1.165, 1.54) is 12.1 Å². The Morgan fingerprint density at radius 2 is 2.29 bits per heavy atom. The Balaban J connectivity index is 2.98. The molecule has 0 fully saturated rings. The second kappa shape index (κ2) is 6.00. The zero-order valence-corrected chi connectivity index (χ0v) is 9.92. The number of aromatic nitrogens is 1. The highest BCUT2D eigenvalue weighted by Crippen LogP contribution is 2.21. The standard InChI is InChI=1S/C10H16N4O3/c1-3-13(4-5-17-2)10-7-8(14(15)16)6-9(11)12-10/h6-7H,3-5H2,1-2H3,(H2,11,12). The van der Waals surface area contributed by atoms with Gasteiger partial charge in [-0.3, -0.25) is 10.1 Å². The summed E-state index contributed by atoms with van der Waals surface area (Å²) in [6, 6.07) is 2.66. The van der Waals surface area contributed by atoms with Gasteiger partial charge in [-0.2, -0.15) is 0 Å². The van der Waals surface area contributed by atoms with Crippen molar-refractivity contribution in [3.8, 4) is 0 Å². The number of nitrogens with two attached hydrogens (primary N) is 1. The smallest absolute Gasteiger partial charge is 0.276 e. The Labute approximate surface area is 99.3 Å². The van der Waals surface area contributed by atoms with Gasteiger partial charge in [0, 0.05) is 20.2 Å². The highest BCUT2D eigenvalue weighted by molar-refractivity contribution is 5.54. The van der Waals surface area contributed by atoms with E-state index in [-0.39, 0.29) is 11.5 Å². The van der Waals surface area contributed by atoms with Crippen LogP contribution in [0.25, 0.3) is 0 Å². The summed E-state index contributed by atoms with van der Waals surface area (Å²) in [5.41, 5.74) is 5.49. The first-order valence-corrected chi connectivity index (χ1v) is 5.24. The molecule has 1 rings (SSSR count). The van der Waals surface area contributed by atoms with Crippen molar-refractivity contribution in [2.45, 2.75) is 6.92 Å². The minimum atomic E-state index is -0.480. The van der Waals surface area contributed by atoms with Gasteiger partial charge in [-0.05, 0) is 6.92 Å². The van der Waals surface area contributed by atoms with Gasteiger partial charge >= 0.3 is 0 Å². The lowest BCUT2D eigenvalue weighted by Crippen LogP contribution is -2.27. The normalized spacial score (nSPS) is 10.2. The molecule has 0 aromatic carbocycles. The molecule has 0 atom stereocenters. The van der Waals surface area contributed by atoms with Crippen LogP contribution in [0.5, 0.6) is 0 Å². The van der Waals surface area contributed by atoms with Crippen LogP contribution in [0.4, 0.5) is 17.3 Å². The number of nitrogen functional groups attached to an aromatic ring is 1. The van der Waals surface area contributed by atoms with Gasteiger partial charge in [0.05, 0.1) is 23.7 Å². The zero-order chi connectivity index (χ0) is 12.8. The van der Waals surface area contributed by atoms with Gasteiger partial charge in [-0.25, -0.2) is 4.98 Å². The van der Waals surface area contributed by atoms with Crippen LogP contribution in [0.1, 0.15) is 6.92 Å². The van der Waals surface area contributed by atoms with Crippen molar-refractivity contribution in [3.05, 3.63) is 22.2 Å². The number of nitrogens with zero attached hydrogens (tertiary/aromatic N) is 3. The molecule has 17 heavy (non-hydrogen) atoms. The molecule has 0 aliphatic carbocycles. The number of anilines is 2. The first kappa shape index (κ1) is 13.2. The van der Waals surface area contributed by atoms with E-state index >= 15 is 0 Å². The molecule has 7 nitrogen and oxygen atoms in total. The summed E-state index contributed by atoms with van der Waals surface area (Å²) in [5, 5.41) is 10.7. The fraction of sp³-hybridized carbons (Fsp3) is 0.500. The first-order chi connectivity index (χ1) is 8.08.